The largest absolute Gasteiger partial charge is 0.349 e. The van der Waals surface area contributed by atoms with Crippen LogP contribution in [0.5, 0.6) is 0 Å². The van der Waals surface area contributed by atoms with Crippen LogP contribution in [-0.2, 0) is 4.79 Å². The quantitative estimate of drug-likeness (QED) is 0.496. The summed E-state index contributed by atoms with van der Waals surface area (Å²) in [6.07, 6.45) is 1.76. The molecule has 0 aliphatic heterocycles. The lowest BCUT2D eigenvalue weighted by Crippen LogP contribution is -2.79. The van der Waals surface area contributed by atoms with Gasteiger partial charge < -0.3 is 10.1 Å². The van der Waals surface area contributed by atoms with E-state index in [0.29, 0.717) is 5.78 Å². The van der Waals surface area contributed by atoms with Gasteiger partial charge in [0.1, 0.15) is 5.78 Å². The third kappa shape index (κ3) is 5.63. The molecular formula is C6H14NO+. The smallest absolute Gasteiger partial charge is 0.130 e. The van der Waals surface area contributed by atoms with Crippen LogP contribution < -0.4 is 5.32 Å². The van der Waals surface area contributed by atoms with E-state index in [4.69, 9.17) is 0 Å². The van der Waals surface area contributed by atoms with Crippen LogP contribution in [0.2, 0.25) is 0 Å². The molecule has 0 radical (unpaired) electrons. The van der Waals surface area contributed by atoms with Crippen molar-refractivity contribution in [3.8, 4) is 0 Å². The molecular weight excluding hydrogens is 102 g/mol. The van der Waals surface area contributed by atoms with Crippen LogP contribution in [0.15, 0.2) is 0 Å². The van der Waals surface area contributed by atoms with Gasteiger partial charge >= 0.3 is 0 Å². The van der Waals surface area contributed by atoms with Gasteiger partial charge in [0, 0.05) is 12.8 Å². The minimum atomic E-state index is 0.298. The summed E-state index contributed by atoms with van der Waals surface area (Å²) in [5.41, 5.74) is 0. The molecule has 0 saturated carbocycles. The van der Waals surface area contributed by atoms with Gasteiger partial charge in [-0.2, -0.15) is 0 Å². The monoisotopic (exact) mass is 116 g/mol. The Labute approximate surface area is 50.3 Å². The van der Waals surface area contributed by atoms with Crippen molar-refractivity contribution in [3.63, 3.8) is 0 Å². The average molecular weight is 116 g/mol. The topological polar surface area (TPSA) is 33.7 Å². The minimum Gasteiger partial charge on any atom is -0.349 e. The number of rotatable bonds is 4. The molecule has 0 aromatic heterocycles. The highest BCUT2D eigenvalue weighted by atomic mass is 16.1. The Hall–Kier alpha value is -0.370. The molecule has 0 aromatic carbocycles. The Morgan fingerprint density at radius 3 is 2.62 bits per heavy atom. The van der Waals surface area contributed by atoms with Crippen molar-refractivity contribution in [3.05, 3.63) is 0 Å². The van der Waals surface area contributed by atoms with Crippen LogP contribution in [0.1, 0.15) is 19.8 Å². The fraction of sp³-hybridized carbons (Fsp3) is 0.833. The standard InChI is InChI=1S/C6H13NO/c1-6(8)4-3-5-7-2/h7H,3-5H2,1-2H3/p+1. The zero-order valence-electron chi connectivity index (χ0n) is 5.61. The van der Waals surface area contributed by atoms with E-state index in [1.54, 1.807) is 6.92 Å². The van der Waals surface area contributed by atoms with Gasteiger partial charge in [-0.25, -0.2) is 0 Å². The first-order chi connectivity index (χ1) is 3.77. The molecule has 0 aliphatic carbocycles. The summed E-state index contributed by atoms with van der Waals surface area (Å²) in [6.45, 7) is 2.70. The predicted molar refractivity (Wildman–Crippen MR) is 32.6 cm³/mol. The van der Waals surface area contributed by atoms with Crippen molar-refractivity contribution in [1.29, 1.82) is 0 Å². The highest BCUT2D eigenvalue weighted by Gasteiger charge is 1.91. The lowest BCUT2D eigenvalue weighted by Gasteiger charge is -1.90. The maximum atomic E-state index is 10.3. The number of quaternary nitrogens is 1. The van der Waals surface area contributed by atoms with E-state index in [-0.39, 0.29) is 0 Å². The van der Waals surface area contributed by atoms with E-state index < -0.39 is 0 Å². The van der Waals surface area contributed by atoms with E-state index in [1.807, 2.05) is 7.05 Å². The fourth-order valence-electron chi connectivity index (χ4n) is 0.555. The fourth-order valence-corrected chi connectivity index (χ4v) is 0.555. The summed E-state index contributed by atoms with van der Waals surface area (Å²) >= 11 is 0. The molecule has 0 atom stereocenters. The van der Waals surface area contributed by atoms with Crippen LogP contribution in [0, 0.1) is 0 Å². The third-order valence-electron chi connectivity index (χ3n) is 1.02. The number of hydrogen-bond acceptors (Lipinski definition) is 1. The molecule has 48 valence electrons. The number of ketones is 1. The van der Waals surface area contributed by atoms with E-state index in [1.165, 1.54) is 0 Å². The first-order valence-corrected chi connectivity index (χ1v) is 3.04. The summed E-state index contributed by atoms with van der Waals surface area (Å²) in [4.78, 5) is 10.3. The van der Waals surface area contributed by atoms with Gasteiger partial charge in [-0.3, -0.25) is 0 Å². The van der Waals surface area contributed by atoms with Gasteiger partial charge in [0.05, 0.1) is 13.6 Å². The first-order valence-electron chi connectivity index (χ1n) is 3.04. The van der Waals surface area contributed by atoms with Gasteiger partial charge in [0.2, 0.25) is 0 Å². The normalized spacial score (nSPS) is 9.25. The Bertz CT molecular complexity index is 70.9. The molecule has 0 fully saturated rings. The molecule has 0 unspecified atom stereocenters. The summed E-state index contributed by atoms with van der Waals surface area (Å²) < 4.78 is 0. The number of carbonyl (C=O) groups is 1. The van der Waals surface area contributed by atoms with Crippen molar-refractivity contribution in [2.24, 2.45) is 0 Å². The molecule has 0 aliphatic rings. The van der Waals surface area contributed by atoms with Crippen LogP contribution >= 0.6 is 0 Å². The van der Waals surface area contributed by atoms with Gasteiger partial charge in [0.15, 0.2) is 0 Å². The number of nitrogens with two attached hydrogens (primary N) is 1. The second-order valence-electron chi connectivity index (χ2n) is 2.00. The molecule has 0 rings (SSSR count). The summed E-state index contributed by atoms with van der Waals surface area (Å²) in [7, 11) is 2.01. The van der Waals surface area contributed by atoms with Crippen molar-refractivity contribution in [2.45, 2.75) is 19.8 Å². The zero-order chi connectivity index (χ0) is 6.41. The lowest BCUT2D eigenvalue weighted by molar-refractivity contribution is -0.627. The first kappa shape index (κ1) is 7.63. The van der Waals surface area contributed by atoms with Gasteiger partial charge in [0.25, 0.3) is 0 Å². The van der Waals surface area contributed by atoms with Crippen molar-refractivity contribution in [1.82, 2.24) is 0 Å². The summed E-state index contributed by atoms with van der Waals surface area (Å²) in [6, 6.07) is 0. The summed E-state index contributed by atoms with van der Waals surface area (Å²) in [5.74, 6) is 0.298. The van der Waals surface area contributed by atoms with Gasteiger partial charge in [-0.05, 0) is 6.92 Å². The van der Waals surface area contributed by atoms with E-state index >= 15 is 0 Å². The van der Waals surface area contributed by atoms with Crippen molar-refractivity contribution >= 4 is 5.78 Å². The molecule has 0 heterocycles. The van der Waals surface area contributed by atoms with Crippen LogP contribution in [-0.4, -0.2) is 19.4 Å². The Kier molecular flexibility index (Phi) is 4.56. The molecule has 0 saturated heterocycles. The number of hydrogen-bond donors (Lipinski definition) is 1. The second kappa shape index (κ2) is 4.78. The van der Waals surface area contributed by atoms with Crippen molar-refractivity contribution in [2.75, 3.05) is 13.6 Å². The SMILES string of the molecule is C[NH2+]CCCC(C)=O. The Balaban J connectivity index is 2.82. The zero-order valence-corrected chi connectivity index (χ0v) is 5.61. The van der Waals surface area contributed by atoms with Gasteiger partial charge in [-0.1, -0.05) is 0 Å². The highest BCUT2D eigenvalue weighted by molar-refractivity contribution is 5.75. The maximum absolute atomic E-state index is 10.3. The Morgan fingerprint density at radius 1 is 1.62 bits per heavy atom. The average Bonchev–Trinajstić information content (AvgIpc) is 1.66. The van der Waals surface area contributed by atoms with Crippen LogP contribution in [0.3, 0.4) is 0 Å². The lowest BCUT2D eigenvalue weighted by atomic mass is 10.2. The molecule has 8 heavy (non-hydrogen) atoms. The molecule has 0 aromatic rings. The number of carbonyl (C=O) groups excluding carboxylic acids is 1. The summed E-state index contributed by atoms with van der Waals surface area (Å²) in [5, 5.41) is 2.09. The second-order valence-corrected chi connectivity index (χ2v) is 2.00. The van der Waals surface area contributed by atoms with Crippen LogP contribution in [0.4, 0.5) is 0 Å². The van der Waals surface area contributed by atoms with E-state index in [2.05, 4.69) is 5.32 Å². The van der Waals surface area contributed by atoms with Crippen molar-refractivity contribution < 1.29 is 10.1 Å². The molecule has 0 spiro atoms. The number of Topliss-reactive ketones (excluding diaryl/α,β-unsaturated/α-hetero) is 1. The molecule has 0 amide bonds. The van der Waals surface area contributed by atoms with Crippen LogP contribution in [0.25, 0.3) is 0 Å². The molecule has 0 bridgehead atoms. The van der Waals surface area contributed by atoms with E-state index in [0.717, 1.165) is 19.4 Å². The minimum absolute atomic E-state index is 0.298. The van der Waals surface area contributed by atoms with Gasteiger partial charge in [-0.15, -0.1) is 0 Å². The third-order valence-corrected chi connectivity index (χ3v) is 1.02. The Morgan fingerprint density at radius 2 is 2.25 bits per heavy atom. The molecule has 2 N–H and O–H groups in total. The van der Waals surface area contributed by atoms with E-state index in [9.17, 15) is 4.79 Å². The maximum Gasteiger partial charge on any atom is 0.130 e. The molecule has 2 nitrogen and oxygen atoms in total. The predicted octanol–water partition coefficient (Wildman–Crippen LogP) is -0.451. The molecule has 2 heteroatoms. The highest BCUT2D eigenvalue weighted by Crippen LogP contribution is 1.84.